The topological polar surface area (TPSA) is 54.5 Å². The van der Waals surface area contributed by atoms with Gasteiger partial charge in [-0.25, -0.2) is 4.98 Å². The highest BCUT2D eigenvalue weighted by atomic mass is 79.9. The summed E-state index contributed by atoms with van der Waals surface area (Å²) < 4.78 is 6.30. The standard InChI is InChI=1S/C15H20BrN3O2/c16-13-2-1-6-17-14(13)19-7-3-11(10-19)15(20)18-12-4-8-21-9-5-12/h1-2,6,11-12H,3-5,7-10H2,(H,18,20). The summed E-state index contributed by atoms with van der Waals surface area (Å²) in [5.41, 5.74) is 0. The molecule has 2 saturated heterocycles. The molecule has 0 radical (unpaired) electrons. The molecule has 0 spiro atoms. The van der Waals surface area contributed by atoms with E-state index in [-0.39, 0.29) is 17.9 Å². The highest BCUT2D eigenvalue weighted by Crippen LogP contribution is 2.28. The van der Waals surface area contributed by atoms with Crippen molar-refractivity contribution in [3.63, 3.8) is 0 Å². The fourth-order valence-corrected chi connectivity index (χ4v) is 3.44. The van der Waals surface area contributed by atoms with Crippen LogP contribution in [-0.4, -0.2) is 43.2 Å². The van der Waals surface area contributed by atoms with Gasteiger partial charge in [-0.1, -0.05) is 0 Å². The lowest BCUT2D eigenvalue weighted by atomic mass is 10.1. The molecule has 1 unspecified atom stereocenters. The molecule has 1 amide bonds. The fraction of sp³-hybridized carbons (Fsp3) is 0.600. The molecule has 6 heteroatoms. The van der Waals surface area contributed by atoms with Crippen LogP contribution in [0.1, 0.15) is 19.3 Å². The highest BCUT2D eigenvalue weighted by molar-refractivity contribution is 9.10. The Hall–Kier alpha value is -1.14. The Morgan fingerprint density at radius 3 is 2.95 bits per heavy atom. The fourth-order valence-electron chi connectivity index (χ4n) is 2.94. The van der Waals surface area contributed by atoms with Crippen LogP contribution in [0.5, 0.6) is 0 Å². The second-order valence-electron chi connectivity index (χ2n) is 5.64. The van der Waals surface area contributed by atoms with Crippen molar-refractivity contribution in [2.75, 3.05) is 31.2 Å². The molecule has 0 saturated carbocycles. The molecule has 1 atom stereocenters. The molecule has 5 nitrogen and oxygen atoms in total. The number of aromatic nitrogens is 1. The molecule has 2 aliphatic heterocycles. The third kappa shape index (κ3) is 3.55. The Bertz CT molecular complexity index is 505. The summed E-state index contributed by atoms with van der Waals surface area (Å²) in [6, 6.07) is 4.17. The van der Waals surface area contributed by atoms with Crippen molar-refractivity contribution < 1.29 is 9.53 Å². The van der Waals surface area contributed by atoms with E-state index >= 15 is 0 Å². The van der Waals surface area contributed by atoms with E-state index in [1.807, 2.05) is 12.1 Å². The van der Waals surface area contributed by atoms with Crippen molar-refractivity contribution in [2.24, 2.45) is 5.92 Å². The molecule has 3 rings (SSSR count). The van der Waals surface area contributed by atoms with E-state index in [0.717, 1.165) is 55.9 Å². The SMILES string of the molecule is O=C(NC1CCOCC1)C1CCN(c2ncccc2Br)C1. The normalized spacial score (nSPS) is 23.3. The summed E-state index contributed by atoms with van der Waals surface area (Å²) in [5.74, 6) is 1.16. The van der Waals surface area contributed by atoms with Crippen molar-refractivity contribution >= 4 is 27.7 Å². The first-order valence-electron chi connectivity index (χ1n) is 7.47. The van der Waals surface area contributed by atoms with Gasteiger partial charge < -0.3 is 15.0 Å². The van der Waals surface area contributed by atoms with Crippen LogP contribution in [0.3, 0.4) is 0 Å². The summed E-state index contributed by atoms with van der Waals surface area (Å²) in [5, 5.41) is 3.17. The number of amides is 1. The predicted molar refractivity (Wildman–Crippen MR) is 84.2 cm³/mol. The molecule has 0 aromatic carbocycles. The van der Waals surface area contributed by atoms with Crippen LogP contribution in [0, 0.1) is 5.92 Å². The predicted octanol–water partition coefficient (Wildman–Crippen LogP) is 1.97. The Balaban J connectivity index is 1.56. The average molecular weight is 354 g/mol. The summed E-state index contributed by atoms with van der Waals surface area (Å²) in [6.07, 6.45) is 4.52. The van der Waals surface area contributed by atoms with E-state index < -0.39 is 0 Å². The van der Waals surface area contributed by atoms with Gasteiger partial charge in [0.2, 0.25) is 5.91 Å². The van der Waals surface area contributed by atoms with E-state index in [4.69, 9.17) is 4.74 Å². The van der Waals surface area contributed by atoms with Crippen LogP contribution in [0.4, 0.5) is 5.82 Å². The van der Waals surface area contributed by atoms with E-state index in [1.54, 1.807) is 6.20 Å². The second-order valence-corrected chi connectivity index (χ2v) is 6.49. The van der Waals surface area contributed by atoms with Crippen LogP contribution in [0.25, 0.3) is 0 Å². The molecule has 1 aromatic heterocycles. The van der Waals surface area contributed by atoms with Gasteiger partial charge in [-0.2, -0.15) is 0 Å². The van der Waals surface area contributed by atoms with E-state index in [1.165, 1.54) is 0 Å². The molecule has 21 heavy (non-hydrogen) atoms. The number of carbonyl (C=O) groups is 1. The zero-order chi connectivity index (χ0) is 14.7. The first kappa shape index (κ1) is 14.8. The minimum atomic E-state index is 0.0572. The molecule has 114 valence electrons. The first-order valence-corrected chi connectivity index (χ1v) is 8.27. The maximum atomic E-state index is 12.4. The van der Waals surface area contributed by atoms with E-state index in [9.17, 15) is 4.79 Å². The molecule has 2 fully saturated rings. The third-order valence-corrected chi connectivity index (χ3v) is 4.78. The molecular formula is C15H20BrN3O2. The first-order chi connectivity index (χ1) is 10.2. The van der Waals surface area contributed by atoms with Crippen molar-refractivity contribution in [2.45, 2.75) is 25.3 Å². The molecule has 1 N–H and O–H groups in total. The molecule has 0 bridgehead atoms. The number of carbonyl (C=O) groups excluding carboxylic acids is 1. The van der Waals surface area contributed by atoms with Crippen LogP contribution in [0.15, 0.2) is 22.8 Å². The lowest BCUT2D eigenvalue weighted by Gasteiger charge is -2.24. The molecule has 3 heterocycles. The average Bonchev–Trinajstić information content (AvgIpc) is 2.98. The number of anilines is 1. The zero-order valence-electron chi connectivity index (χ0n) is 11.9. The molecule has 2 aliphatic rings. The van der Waals surface area contributed by atoms with Crippen molar-refractivity contribution in [3.05, 3.63) is 22.8 Å². The summed E-state index contributed by atoms with van der Waals surface area (Å²) in [7, 11) is 0. The summed E-state index contributed by atoms with van der Waals surface area (Å²) in [6.45, 7) is 3.12. The van der Waals surface area contributed by atoms with Crippen LogP contribution < -0.4 is 10.2 Å². The number of hydrogen-bond acceptors (Lipinski definition) is 4. The minimum Gasteiger partial charge on any atom is -0.381 e. The Morgan fingerprint density at radius 1 is 1.38 bits per heavy atom. The smallest absolute Gasteiger partial charge is 0.225 e. The maximum Gasteiger partial charge on any atom is 0.225 e. The molecular weight excluding hydrogens is 334 g/mol. The number of ether oxygens (including phenoxy) is 1. The number of nitrogens with zero attached hydrogens (tertiary/aromatic N) is 2. The maximum absolute atomic E-state index is 12.4. The molecule has 1 aromatic rings. The van der Waals surface area contributed by atoms with Crippen molar-refractivity contribution in [3.8, 4) is 0 Å². The van der Waals surface area contributed by atoms with Gasteiger partial charge in [0.1, 0.15) is 5.82 Å². The summed E-state index contributed by atoms with van der Waals surface area (Å²) >= 11 is 3.52. The van der Waals surface area contributed by atoms with Gasteiger partial charge in [0.15, 0.2) is 0 Å². The number of rotatable bonds is 3. The van der Waals surface area contributed by atoms with Crippen molar-refractivity contribution in [1.29, 1.82) is 0 Å². The second kappa shape index (κ2) is 6.75. The molecule has 0 aliphatic carbocycles. The number of hydrogen-bond donors (Lipinski definition) is 1. The van der Waals surface area contributed by atoms with E-state index in [0.29, 0.717) is 0 Å². The lowest BCUT2D eigenvalue weighted by Crippen LogP contribution is -2.42. The van der Waals surface area contributed by atoms with Crippen LogP contribution >= 0.6 is 15.9 Å². The lowest BCUT2D eigenvalue weighted by molar-refractivity contribution is -0.125. The van der Waals surface area contributed by atoms with Gasteiger partial charge in [-0.15, -0.1) is 0 Å². The quantitative estimate of drug-likeness (QED) is 0.902. The van der Waals surface area contributed by atoms with Gasteiger partial charge in [0, 0.05) is 38.5 Å². The Kier molecular flexibility index (Phi) is 4.75. The third-order valence-electron chi connectivity index (χ3n) is 4.17. The van der Waals surface area contributed by atoms with Gasteiger partial charge in [-0.05, 0) is 47.3 Å². The minimum absolute atomic E-state index is 0.0572. The number of halogens is 1. The van der Waals surface area contributed by atoms with E-state index in [2.05, 4.69) is 31.1 Å². The van der Waals surface area contributed by atoms with Crippen LogP contribution in [0.2, 0.25) is 0 Å². The van der Waals surface area contributed by atoms with Gasteiger partial charge in [-0.3, -0.25) is 4.79 Å². The zero-order valence-corrected chi connectivity index (χ0v) is 13.5. The van der Waals surface area contributed by atoms with Gasteiger partial charge in [0.25, 0.3) is 0 Å². The van der Waals surface area contributed by atoms with Gasteiger partial charge >= 0.3 is 0 Å². The largest absolute Gasteiger partial charge is 0.381 e. The number of nitrogens with one attached hydrogen (secondary N) is 1. The number of pyridine rings is 1. The monoisotopic (exact) mass is 353 g/mol. The van der Waals surface area contributed by atoms with Gasteiger partial charge in [0.05, 0.1) is 10.4 Å². The van der Waals surface area contributed by atoms with Crippen molar-refractivity contribution in [1.82, 2.24) is 10.3 Å². The highest BCUT2D eigenvalue weighted by Gasteiger charge is 2.31. The van der Waals surface area contributed by atoms with Crippen LogP contribution in [-0.2, 0) is 9.53 Å². The Morgan fingerprint density at radius 2 is 2.19 bits per heavy atom. The Labute approximate surface area is 133 Å². The summed E-state index contributed by atoms with van der Waals surface area (Å²) in [4.78, 5) is 18.9.